The molecule has 2 aromatic rings. The van der Waals surface area contributed by atoms with Crippen LogP contribution in [-0.4, -0.2) is 42.7 Å². The van der Waals surface area contributed by atoms with Crippen molar-refractivity contribution in [3.8, 4) is 17.2 Å². The van der Waals surface area contributed by atoms with Crippen LogP contribution in [0, 0.1) is 17.8 Å². The van der Waals surface area contributed by atoms with E-state index in [0.717, 1.165) is 5.57 Å². The summed E-state index contributed by atoms with van der Waals surface area (Å²) in [7, 11) is 2.90. The Balaban J connectivity index is 1.56. The molecule has 8 heteroatoms. The zero-order chi connectivity index (χ0) is 27.6. The molecule has 0 unspecified atom stereocenters. The number of benzene rings is 2. The van der Waals surface area contributed by atoms with Crippen molar-refractivity contribution < 1.29 is 33.8 Å². The topological polar surface area (TPSA) is 110 Å². The molecule has 1 N–H and O–H groups in total. The third-order valence-electron chi connectivity index (χ3n) is 8.39. The molecule has 0 saturated carbocycles. The third kappa shape index (κ3) is 3.58. The van der Waals surface area contributed by atoms with Crippen LogP contribution in [-0.2, 0) is 19.2 Å². The predicted octanol–water partition coefficient (Wildman–Crippen LogP) is 4.04. The second-order valence-electron chi connectivity index (χ2n) is 10.3. The molecule has 3 aliphatic carbocycles. The highest BCUT2D eigenvalue weighted by Crippen LogP contribution is 2.58. The van der Waals surface area contributed by atoms with Crippen LogP contribution in [0.3, 0.4) is 0 Å². The van der Waals surface area contributed by atoms with Crippen molar-refractivity contribution in [1.29, 1.82) is 0 Å². The van der Waals surface area contributed by atoms with E-state index in [0.29, 0.717) is 45.9 Å². The minimum atomic E-state index is -0.750. The van der Waals surface area contributed by atoms with E-state index >= 15 is 0 Å². The lowest BCUT2D eigenvalue weighted by Crippen LogP contribution is -2.40. The van der Waals surface area contributed by atoms with E-state index in [9.17, 15) is 24.3 Å². The number of phenolic OH excluding ortho intramolecular Hbond substituents is 1. The number of imide groups is 1. The first kappa shape index (κ1) is 24.9. The van der Waals surface area contributed by atoms with Crippen LogP contribution in [0.15, 0.2) is 76.9 Å². The maximum atomic E-state index is 13.9. The van der Waals surface area contributed by atoms with Crippen LogP contribution in [0.2, 0.25) is 0 Å². The Labute approximate surface area is 225 Å². The number of carbonyl (C=O) groups excluding carboxylic acids is 4. The van der Waals surface area contributed by atoms with Gasteiger partial charge in [-0.1, -0.05) is 29.8 Å². The Morgan fingerprint density at radius 1 is 0.923 bits per heavy atom. The van der Waals surface area contributed by atoms with Crippen molar-refractivity contribution in [2.45, 2.75) is 25.7 Å². The highest BCUT2D eigenvalue weighted by atomic mass is 16.5. The molecule has 39 heavy (non-hydrogen) atoms. The van der Waals surface area contributed by atoms with E-state index in [-0.39, 0.29) is 35.6 Å². The molecule has 1 saturated heterocycles. The monoisotopic (exact) mass is 525 g/mol. The Bertz CT molecular complexity index is 1520. The minimum Gasteiger partial charge on any atom is -0.508 e. The molecule has 0 aromatic heterocycles. The maximum absolute atomic E-state index is 13.9. The second-order valence-corrected chi connectivity index (χ2v) is 10.3. The van der Waals surface area contributed by atoms with Crippen LogP contribution in [0.5, 0.6) is 17.2 Å². The first-order valence-electron chi connectivity index (χ1n) is 12.8. The normalized spacial score (nSPS) is 26.1. The molecule has 0 radical (unpaired) electrons. The van der Waals surface area contributed by atoms with Crippen LogP contribution in [0.4, 0.5) is 5.69 Å². The number of nitrogens with zero attached hydrogens (tertiary/aromatic N) is 1. The lowest BCUT2D eigenvalue weighted by atomic mass is 9.59. The maximum Gasteiger partial charge on any atom is 0.238 e. The average molecular weight is 526 g/mol. The van der Waals surface area contributed by atoms with Crippen LogP contribution >= 0.6 is 0 Å². The molecule has 2 amide bonds. The summed E-state index contributed by atoms with van der Waals surface area (Å²) in [5.74, 6) is -3.08. The summed E-state index contributed by atoms with van der Waals surface area (Å²) in [6.07, 6.45) is 3.79. The average Bonchev–Trinajstić information content (AvgIpc) is 3.20. The lowest BCUT2D eigenvalue weighted by Gasteiger charge is -2.42. The molecular weight excluding hydrogens is 498 g/mol. The molecular formula is C31H27NO7. The fraction of sp³-hybridized carbons (Fsp3) is 0.290. The zero-order valence-corrected chi connectivity index (χ0v) is 21.8. The van der Waals surface area contributed by atoms with Gasteiger partial charge < -0.3 is 14.6 Å². The number of aromatic hydroxyl groups is 1. The molecule has 4 atom stereocenters. The standard InChI is InChI=1S/C31H27NO7/c1-15-11-22(34)26-21(29(15)35)14-20-18(27(26)28-23(38-2)12-17(33)13-24(28)39-3)9-10-19-25(20)31(37)32(30(19)36)16-7-5-4-6-8-16/h4-9,11-13,19-20,25,27,33H,10,14H2,1-3H3/t19-,20+,25-,27-/m0/s1. The van der Waals surface area contributed by atoms with Gasteiger partial charge in [-0.3, -0.25) is 24.1 Å². The Morgan fingerprint density at radius 3 is 2.23 bits per heavy atom. The zero-order valence-electron chi connectivity index (χ0n) is 21.8. The summed E-state index contributed by atoms with van der Waals surface area (Å²) in [6.45, 7) is 1.61. The number of phenols is 1. The first-order valence-corrected chi connectivity index (χ1v) is 12.8. The van der Waals surface area contributed by atoms with E-state index in [2.05, 4.69) is 0 Å². The number of Topliss-reactive ketones (excluding diaryl/α,β-unsaturated/α-hetero) is 1. The summed E-state index contributed by atoms with van der Waals surface area (Å²) in [5.41, 5.74) is 2.80. The van der Waals surface area contributed by atoms with Crippen molar-refractivity contribution in [2.24, 2.45) is 17.8 Å². The van der Waals surface area contributed by atoms with Crippen molar-refractivity contribution in [3.63, 3.8) is 0 Å². The number of para-hydroxylation sites is 1. The molecule has 1 heterocycles. The van der Waals surface area contributed by atoms with Crippen LogP contribution in [0.1, 0.15) is 31.2 Å². The van der Waals surface area contributed by atoms with Gasteiger partial charge in [-0.2, -0.15) is 0 Å². The van der Waals surface area contributed by atoms with E-state index in [1.807, 2.05) is 12.1 Å². The van der Waals surface area contributed by atoms with Gasteiger partial charge >= 0.3 is 0 Å². The molecule has 6 rings (SSSR count). The molecule has 8 nitrogen and oxygen atoms in total. The fourth-order valence-electron chi connectivity index (χ4n) is 6.75. The minimum absolute atomic E-state index is 0.0800. The number of ketones is 2. The summed E-state index contributed by atoms with van der Waals surface area (Å²) in [6, 6.07) is 11.7. The van der Waals surface area contributed by atoms with Gasteiger partial charge in [-0.15, -0.1) is 0 Å². The Morgan fingerprint density at radius 2 is 1.59 bits per heavy atom. The number of allylic oxidation sites excluding steroid dienone is 6. The quantitative estimate of drug-likeness (QED) is 0.364. The van der Waals surface area contributed by atoms with Crippen LogP contribution < -0.4 is 14.4 Å². The number of amides is 2. The van der Waals surface area contributed by atoms with E-state index in [1.54, 1.807) is 31.2 Å². The number of methoxy groups -OCH3 is 2. The first-order chi connectivity index (χ1) is 18.8. The Hall–Kier alpha value is -4.46. The molecule has 1 fully saturated rings. The number of rotatable bonds is 4. The Kier molecular flexibility index (Phi) is 5.79. The van der Waals surface area contributed by atoms with Crippen molar-refractivity contribution in [3.05, 3.63) is 82.5 Å². The van der Waals surface area contributed by atoms with Crippen molar-refractivity contribution >= 4 is 29.1 Å². The number of ether oxygens (including phenoxy) is 2. The summed E-state index contributed by atoms with van der Waals surface area (Å²) < 4.78 is 11.3. The molecule has 198 valence electrons. The van der Waals surface area contributed by atoms with Gasteiger partial charge in [0.25, 0.3) is 0 Å². The molecule has 0 bridgehead atoms. The molecule has 4 aliphatic rings. The largest absolute Gasteiger partial charge is 0.508 e. The fourth-order valence-corrected chi connectivity index (χ4v) is 6.75. The van der Waals surface area contributed by atoms with Gasteiger partial charge in [0.05, 0.1) is 31.7 Å². The molecule has 2 aromatic carbocycles. The number of hydrogen-bond acceptors (Lipinski definition) is 7. The van der Waals surface area contributed by atoms with Gasteiger partial charge in [0, 0.05) is 40.3 Å². The van der Waals surface area contributed by atoms with Gasteiger partial charge in [0.2, 0.25) is 11.8 Å². The molecule has 1 aliphatic heterocycles. The van der Waals surface area contributed by atoms with Crippen molar-refractivity contribution in [2.75, 3.05) is 19.1 Å². The predicted molar refractivity (Wildman–Crippen MR) is 141 cm³/mol. The molecule has 0 spiro atoms. The van der Waals surface area contributed by atoms with E-state index in [1.165, 1.54) is 37.3 Å². The highest BCUT2D eigenvalue weighted by Gasteiger charge is 2.57. The van der Waals surface area contributed by atoms with Gasteiger partial charge in [-0.05, 0) is 43.9 Å². The SMILES string of the molecule is COc1cc(O)cc(OC)c1[C@H]1C2=CC[C@@H]3C(=O)N(c4ccccc4)C(=O)[C@@H]3[C@@H]2CC2=C1C(=O)C=C(C)C2=O. The summed E-state index contributed by atoms with van der Waals surface area (Å²) >= 11 is 0. The summed E-state index contributed by atoms with van der Waals surface area (Å²) in [5, 5.41) is 10.3. The van der Waals surface area contributed by atoms with Crippen molar-refractivity contribution in [1.82, 2.24) is 0 Å². The van der Waals surface area contributed by atoms with Gasteiger partial charge in [0.1, 0.15) is 17.2 Å². The van der Waals surface area contributed by atoms with E-state index < -0.39 is 23.7 Å². The second kappa shape index (κ2) is 9.08. The third-order valence-corrected chi connectivity index (χ3v) is 8.39. The number of carbonyl (C=O) groups is 4. The smallest absolute Gasteiger partial charge is 0.238 e. The summed E-state index contributed by atoms with van der Waals surface area (Å²) in [4.78, 5) is 55.7. The van der Waals surface area contributed by atoms with Crippen LogP contribution in [0.25, 0.3) is 0 Å². The van der Waals surface area contributed by atoms with Gasteiger partial charge in [-0.25, -0.2) is 0 Å². The van der Waals surface area contributed by atoms with E-state index in [4.69, 9.17) is 9.47 Å². The number of anilines is 1. The lowest BCUT2D eigenvalue weighted by molar-refractivity contribution is -0.123. The number of hydrogen-bond donors (Lipinski definition) is 1. The highest BCUT2D eigenvalue weighted by molar-refractivity contribution is 6.25. The number of fused-ring (bicyclic) bond motifs is 3. The van der Waals surface area contributed by atoms with Gasteiger partial charge in [0.15, 0.2) is 11.6 Å².